The van der Waals surface area contributed by atoms with Crippen molar-refractivity contribution in [2.45, 2.75) is 40.2 Å². The minimum absolute atomic E-state index is 0.0854. The maximum Gasteiger partial charge on any atom is 0.315 e. The maximum atomic E-state index is 5.48. The number of nitrogens with zero attached hydrogens (tertiary/aromatic N) is 2. The SMILES string of the molecule is CCC(C)(C)CNc1nnc(C(C)NC)o1. The quantitative estimate of drug-likeness (QED) is 0.778. The predicted molar refractivity (Wildman–Crippen MR) is 64.3 cm³/mol. The Morgan fingerprint density at radius 3 is 2.62 bits per heavy atom. The van der Waals surface area contributed by atoms with E-state index >= 15 is 0 Å². The summed E-state index contributed by atoms with van der Waals surface area (Å²) in [5.74, 6) is 0.610. The fraction of sp³-hybridized carbons (Fsp3) is 0.818. The Morgan fingerprint density at radius 2 is 2.06 bits per heavy atom. The topological polar surface area (TPSA) is 63.0 Å². The van der Waals surface area contributed by atoms with Gasteiger partial charge in [-0.15, -0.1) is 5.10 Å². The molecule has 0 aromatic carbocycles. The van der Waals surface area contributed by atoms with Crippen LogP contribution in [0.15, 0.2) is 4.42 Å². The molecule has 0 saturated carbocycles. The molecule has 1 rings (SSSR count). The van der Waals surface area contributed by atoms with Gasteiger partial charge in [-0.3, -0.25) is 0 Å². The summed E-state index contributed by atoms with van der Waals surface area (Å²) in [4.78, 5) is 0. The Bertz CT molecular complexity index is 322. The predicted octanol–water partition coefficient (Wildman–Crippen LogP) is 2.20. The molecule has 0 aliphatic heterocycles. The van der Waals surface area contributed by atoms with Crippen LogP contribution in [0.2, 0.25) is 0 Å². The van der Waals surface area contributed by atoms with Crippen molar-refractivity contribution in [2.75, 3.05) is 18.9 Å². The zero-order valence-electron chi connectivity index (χ0n) is 10.8. The molecule has 0 bridgehead atoms. The first-order valence-electron chi connectivity index (χ1n) is 5.73. The van der Waals surface area contributed by atoms with Gasteiger partial charge in [-0.1, -0.05) is 25.9 Å². The van der Waals surface area contributed by atoms with E-state index in [0.29, 0.717) is 11.9 Å². The third kappa shape index (κ3) is 3.48. The molecule has 16 heavy (non-hydrogen) atoms. The number of nitrogens with one attached hydrogen (secondary N) is 2. The molecule has 5 nitrogen and oxygen atoms in total. The van der Waals surface area contributed by atoms with Crippen LogP contribution >= 0.6 is 0 Å². The van der Waals surface area contributed by atoms with Crippen LogP contribution in [0.5, 0.6) is 0 Å². The van der Waals surface area contributed by atoms with Gasteiger partial charge in [0.05, 0.1) is 6.04 Å². The second-order valence-corrected chi connectivity index (χ2v) is 4.83. The first kappa shape index (κ1) is 13.0. The lowest BCUT2D eigenvalue weighted by Crippen LogP contribution is -2.22. The van der Waals surface area contributed by atoms with Gasteiger partial charge in [-0.25, -0.2) is 0 Å². The van der Waals surface area contributed by atoms with E-state index in [-0.39, 0.29) is 11.5 Å². The molecule has 0 spiro atoms. The van der Waals surface area contributed by atoms with E-state index in [1.807, 2.05) is 14.0 Å². The first-order chi connectivity index (χ1) is 7.48. The molecule has 0 saturated heterocycles. The Balaban J connectivity index is 2.53. The number of aromatic nitrogens is 2. The van der Waals surface area contributed by atoms with Gasteiger partial charge < -0.3 is 15.1 Å². The highest BCUT2D eigenvalue weighted by Gasteiger charge is 2.17. The Hall–Kier alpha value is -1.10. The van der Waals surface area contributed by atoms with E-state index in [2.05, 4.69) is 41.6 Å². The number of hydrogen-bond acceptors (Lipinski definition) is 5. The Morgan fingerprint density at radius 1 is 1.38 bits per heavy atom. The van der Waals surface area contributed by atoms with Crippen molar-refractivity contribution in [3.05, 3.63) is 5.89 Å². The van der Waals surface area contributed by atoms with Crippen LogP contribution in [-0.4, -0.2) is 23.8 Å². The zero-order chi connectivity index (χ0) is 12.2. The van der Waals surface area contributed by atoms with E-state index in [1.165, 1.54) is 0 Å². The van der Waals surface area contributed by atoms with Gasteiger partial charge in [0.1, 0.15) is 0 Å². The lowest BCUT2D eigenvalue weighted by Gasteiger charge is -2.21. The molecule has 1 heterocycles. The average molecular weight is 226 g/mol. The van der Waals surface area contributed by atoms with Gasteiger partial charge in [0, 0.05) is 6.54 Å². The molecule has 0 fully saturated rings. The average Bonchev–Trinajstić information content (AvgIpc) is 2.74. The highest BCUT2D eigenvalue weighted by Crippen LogP contribution is 2.20. The second-order valence-electron chi connectivity index (χ2n) is 4.83. The molecule has 0 amide bonds. The van der Waals surface area contributed by atoms with E-state index in [1.54, 1.807) is 0 Å². The molecule has 92 valence electrons. The van der Waals surface area contributed by atoms with Gasteiger partial charge >= 0.3 is 6.01 Å². The van der Waals surface area contributed by atoms with Gasteiger partial charge in [0.2, 0.25) is 5.89 Å². The van der Waals surface area contributed by atoms with Crippen LogP contribution in [0.4, 0.5) is 6.01 Å². The summed E-state index contributed by atoms with van der Waals surface area (Å²) in [7, 11) is 1.86. The third-order valence-electron chi connectivity index (χ3n) is 2.92. The second kappa shape index (κ2) is 5.30. The molecule has 2 N–H and O–H groups in total. The summed E-state index contributed by atoms with van der Waals surface area (Å²) in [6.07, 6.45) is 1.11. The molecule has 1 aromatic rings. The molecule has 1 atom stereocenters. The lowest BCUT2D eigenvalue weighted by molar-refractivity contribution is 0.369. The molecule has 0 aliphatic rings. The van der Waals surface area contributed by atoms with Crippen molar-refractivity contribution >= 4 is 6.01 Å². The highest BCUT2D eigenvalue weighted by molar-refractivity contribution is 5.18. The van der Waals surface area contributed by atoms with E-state index in [4.69, 9.17) is 4.42 Å². The molecule has 0 radical (unpaired) electrons. The number of hydrogen-bond donors (Lipinski definition) is 2. The van der Waals surface area contributed by atoms with Crippen molar-refractivity contribution in [1.82, 2.24) is 15.5 Å². The fourth-order valence-corrected chi connectivity index (χ4v) is 1.04. The molecular weight excluding hydrogens is 204 g/mol. The fourth-order valence-electron chi connectivity index (χ4n) is 1.04. The first-order valence-corrected chi connectivity index (χ1v) is 5.73. The molecule has 5 heteroatoms. The smallest absolute Gasteiger partial charge is 0.315 e. The highest BCUT2D eigenvalue weighted by atomic mass is 16.4. The zero-order valence-corrected chi connectivity index (χ0v) is 10.8. The molecular formula is C11H22N4O. The van der Waals surface area contributed by atoms with Gasteiger partial charge in [0.25, 0.3) is 0 Å². The van der Waals surface area contributed by atoms with Gasteiger partial charge in [-0.05, 0) is 25.8 Å². The molecule has 1 aromatic heterocycles. The van der Waals surface area contributed by atoms with Crippen molar-refractivity contribution in [3.63, 3.8) is 0 Å². The van der Waals surface area contributed by atoms with E-state index in [0.717, 1.165) is 13.0 Å². The summed E-state index contributed by atoms with van der Waals surface area (Å²) >= 11 is 0. The van der Waals surface area contributed by atoms with Crippen LogP contribution in [0, 0.1) is 5.41 Å². The summed E-state index contributed by atoms with van der Waals surface area (Å²) in [6.45, 7) is 9.39. The minimum Gasteiger partial charge on any atom is -0.406 e. The maximum absolute atomic E-state index is 5.48. The lowest BCUT2D eigenvalue weighted by atomic mass is 9.90. The van der Waals surface area contributed by atoms with E-state index < -0.39 is 0 Å². The Labute approximate surface area is 97.0 Å². The van der Waals surface area contributed by atoms with Crippen LogP contribution in [0.3, 0.4) is 0 Å². The van der Waals surface area contributed by atoms with Crippen molar-refractivity contribution in [1.29, 1.82) is 0 Å². The van der Waals surface area contributed by atoms with Crippen molar-refractivity contribution in [2.24, 2.45) is 5.41 Å². The number of anilines is 1. The van der Waals surface area contributed by atoms with Crippen LogP contribution in [-0.2, 0) is 0 Å². The number of rotatable bonds is 6. The minimum atomic E-state index is 0.0854. The monoisotopic (exact) mass is 226 g/mol. The summed E-state index contributed by atoms with van der Waals surface area (Å²) in [5, 5.41) is 14.1. The summed E-state index contributed by atoms with van der Waals surface area (Å²) < 4.78 is 5.48. The normalized spacial score (nSPS) is 13.8. The Kier molecular flexibility index (Phi) is 4.29. The van der Waals surface area contributed by atoms with Crippen LogP contribution in [0.25, 0.3) is 0 Å². The van der Waals surface area contributed by atoms with Gasteiger partial charge in [-0.2, -0.15) is 0 Å². The van der Waals surface area contributed by atoms with Gasteiger partial charge in [0.15, 0.2) is 0 Å². The third-order valence-corrected chi connectivity index (χ3v) is 2.92. The molecule has 1 unspecified atom stereocenters. The van der Waals surface area contributed by atoms with Crippen molar-refractivity contribution in [3.8, 4) is 0 Å². The van der Waals surface area contributed by atoms with Crippen LogP contribution < -0.4 is 10.6 Å². The largest absolute Gasteiger partial charge is 0.406 e. The summed E-state index contributed by atoms with van der Waals surface area (Å²) in [5.41, 5.74) is 0.239. The van der Waals surface area contributed by atoms with Crippen LogP contribution in [0.1, 0.15) is 46.0 Å². The van der Waals surface area contributed by atoms with E-state index in [9.17, 15) is 0 Å². The molecule has 0 aliphatic carbocycles. The van der Waals surface area contributed by atoms with Crippen molar-refractivity contribution < 1.29 is 4.42 Å². The standard InChI is InChI=1S/C11H22N4O/c1-6-11(3,4)7-13-10-15-14-9(16-10)8(2)12-5/h8,12H,6-7H2,1-5H3,(H,13,15). The summed E-state index contributed by atoms with van der Waals surface area (Å²) in [6, 6.07) is 0.584.